The smallest absolute Gasteiger partial charge is 0.233 e. The minimum absolute atomic E-state index is 0.483. The second-order valence-corrected chi connectivity index (χ2v) is 3.97. The lowest BCUT2D eigenvalue weighted by atomic mass is 10.1. The van der Waals surface area contributed by atoms with Gasteiger partial charge in [-0.2, -0.15) is 4.98 Å². The van der Waals surface area contributed by atoms with E-state index in [4.69, 9.17) is 4.74 Å². The highest BCUT2D eigenvalue weighted by atomic mass is 16.5. The summed E-state index contributed by atoms with van der Waals surface area (Å²) in [4.78, 5) is 8.38. The average Bonchev–Trinajstić information content (AvgIpc) is 2.58. The number of nitrogens with zero attached hydrogens (tertiary/aromatic N) is 2. The summed E-state index contributed by atoms with van der Waals surface area (Å²) in [5.41, 5.74) is 0. The summed E-state index contributed by atoms with van der Waals surface area (Å²) < 4.78 is 5.04. The molecule has 0 amide bonds. The summed E-state index contributed by atoms with van der Waals surface area (Å²) in [5, 5.41) is 6.79. The fourth-order valence-electron chi connectivity index (χ4n) is 1.89. The van der Waals surface area contributed by atoms with Crippen LogP contribution in [0.25, 0.3) is 0 Å². The van der Waals surface area contributed by atoms with Crippen molar-refractivity contribution < 1.29 is 4.74 Å². The molecule has 0 aliphatic carbocycles. The average molecular weight is 222 g/mol. The van der Waals surface area contributed by atoms with E-state index in [9.17, 15) is 0 Å². The molecule has 1 fully saturated rings. The molecule has 1 aromatic rings. The second kappa shape index (κ2) is 5.65. The lowest BCUT2D eigenvalue weighted by Crippen LogP contribution is -2.22. The molecule has 16 heavy (non-hydrogen) atoms. The van der Waals surface area contributed by atoms with Gasteiger partial charge in [-0.05, 0) is 32.4 Å². The number of aromatic nitrogens is 2. The van der Waals surface area contributed by atoms with Crippen molar-refractivity contribution in [3.8, 4) is 5.88 Å². The van der Waals surface area contributed by atoms with E-state index in [2.05, 4.69) is 20.6 Å². The first kappa shape index (κ1) is 11.1. The second-order valence-electron chi connectivity index (χ2n) is 3.97. The zero-order valence-electron chi connectivity index (χ0n) is 9.57. The molecule has 1 aromatic heterocycles. The van der Waals surface area contributed by atoms with E-state index in [0.717, 1.165) is 25.3 Å². The Morgan fingerprint density at radius 3 is 3.19 bits per heavy atom. The van der Waals surface area contributed by atoms with Gasteiger partial charge in [0.05, 0.1) is 19.5 Å². The van der Waals surface area contributed by atoms with Gasteiger partial charge in [0, 0.05) is 6.04 Å². The lowest BCUT2D eigenvalue weighted by Gasteiger charge is -2.16. The highest BCUT2D eigenvalue weighted by Gasteiger charge is 2.12. The lowest BCUT2D eigenvalue weighted by molar-refractivity contribution is 0.396. The normalized spacial score (nSPS) is 21.2. The minimum Gasteiger partial charge on any atom is -0.480 e. The summed E-state index contributed by atoms with van der Waals surface area (Å²) in [6.07, 6.45) is 6.85. The van der Waals surface area contributed by atoms with Crippen molar-refractivity contribution in [1.82, 2.24) is 15.3 Å². The summed E-state index contributed by atoms with van der Waals surface area (Å²) in [6.45, 7) is 2.18. The van der Waals surface area contributed by atoms with Gasteiger partial charge in [-0.3, -0.25) is 4.98 Å². The summed E-state index contributed by atoms with van der Waals surface area (Å²) in [7, 11) is 1.60. The number of hydrogen-bond acceptors (Lipinski definition) is 5. The van der Waals surface area contributed by atoms with E-state index in [1.165, 1.54) is 12.8 Å². The maximum absolute atomic E-state index is 5.04. The standard InChI is InChI=1S/C11H18N4O/c1-16-11-8-13-7-10(15-11)14-9-3-2-5-12-6-4-9/h7-9,12H,2-6H2,1H3,(H,14,15). The molecule has 1 unspecified atom stereocenters. The number of anilines is 1. The van der Waals surface area contributed by atoms with Gasteiger partial charge in [0.15, 0.2) is 0 Å². The molecule has 0 aromatic carbocycles. The molecule has 5 nitrogen and oxygen atoms in total. The fourth-order valence-corrected chi connectivity index (χ4v) is 1.89. The molecule has 1 aliphatic heterocycles. The van der Waals surface area contributed by atoms with E-state index in [0.29, 0.717) is 11.9 Å². The van der Waals surface area contributed by atoms with Crippen LogP contribution in [-0.4, -0.2) is 36.2 Å². The van der Waals surface area contributed by atoms with Gasteiger partial charge >= 0.3 is 0 Å². The third kappa shape index (κ3) is 3.06. The van der Waals surface area contributed by atoms with Crippen LogP contribution in [0, 0.1) is 0 Å². The number of methoxy groups -OCH3 is 1. The third-order valence-electron chi connectivity index (χ3n) is 2.75. The highest BCUT2D eigenvalue weighted by Crippen LogP contribution is 2.13. The van der Waals surface area contributed by atoms with Gasteiger partial charge in [-0.15, -0.1) is 0 Å². The van der Waals surface area contributed by atoms with Crippen molar-refractivity contribution >= 4 is 5.82 Å². The van der Waals surface area contributed by atoms with E-state index >= 15 is 0 Å². The molecule has 88 valence electrons. The molecule has 2 heterocycles. The SMILES string of the molecule is COc1cncc(NC2CCCNCC2)n1. The minimum atomic E-state index is 0.483. The molecule has 0 radical (unpaired) electrons. The first-order chi connectivity index (χ1) is 7.88. The zero-order valence-corrected chi connectivity index (χ0v) is 9.57. The molecular formula is C11H18N4O. The Hall–Kier alpha value is -1.36. The molecule has 2 N–H and O–H groups in total. The van der Waals surface area contributed by atoms with Gasteiger partial charge in [-0.25, -0.2) is 0 Å². The van der Waals surface area contributed by atoms with Crippen molar-refractivity contribution in [2.45, 2.75) is 25.3 Å². The Balaban J connectivity index is 1.96. The Kier molecular flexibility index (Phi) is 3.93. The maximum Gasteiger partial charge on any atom is 0.233 e. The molecule has 2 rings (SSSR count). The first-order valence-corrected chi connectivity index (χ1v) is 5.72. The molecule has 1 aliphatic rings. The van der Waals surface area contributed by atoms with Crippen molar-refractivity contribution in [3.63, 3.8) is 0 Å². The Morgan fingerprint density at radius 1 is 1.38 bits per heavy atom. The van der Waals surface area contributed by atoms with Crippen LogP contribution in [0.15, 0.2) is 12.4 Å². The van der Waals surface area contributed by atoms with Gasteiger partial charge in [0.1, 0.15) is 5.82 Å². The van der Waals surface area contributed by atoms with Crippen molar-refractivity contribution in [3.05, 3.63) is 12.4 Å². The molecule has 1 saturated heterocycles. The Morgan fingerprint density at radius 2 is 2.31 bits per heavy atom. The van der Waals surface area contributed by atoms with Crippen LogP contribution >= 0.6 is 0 Å². The number of nitrogens with one attached hydrogen (secondary N) is 2. The number of rotatable bonds is 3. The third-order valence-corrected chi connectivity index (χ3v) is 2.75. The van der Waals surface area contributed by atoms with Crippen LogP contribution in [0.3, 0.4) is 0 Å². The highest BCUT2D eigenvalue weighted by molar-refractivity contribution is 5.34. The van der Waals surface area contributed by atoms with Crippen molar-refractivity contribution in [1.29, 1.82) is 0 Å². The van der Waals surface area contributed by atoms with E-state index < -0.39 is 0 Å². The van der Waals surface area contributed by atoms with Crippen LogP contribution < -0.4 is 15.4 Å². The van der Waals surface area contributed by atoms with Crippen LogP contribution in [0.1, 0.15) is 19.3 Å². The molecular weight excluding hydrogens is 204 g/mol. The molecule has 0 bridgehead atoms. The van der Waals surface area contributed by atoms with Gasteiger partial charge in [0.25, 0.3) is 0 Å². The summed E-state index contributed by atoms with van der Waals surface area (Å²) in [6, 6.07) is 0.483. The molecule has 5 heteroatoms. The maximum atomic E-state index is 5.04. The van der Waals surface area contributed by atoms with Crippen LogP contribution in [0.4, 0.5) is 5.82 Å². The topological polar surface area (TPSA) is 59.1 Å². The molecule has 1 atom stereocenters. The fraction of sp³-hybridized carbons (Fsp3) is 0.636. The largest absolute Gasteiger partial charge is 0.480 e. The van der Waals surface area contributed by atoms with Gasteiger partial charge < -0.3 is 15.4 Å². The quantitative estimate of drug-likeness (QED) is 0.800. The first-order valence-electron chi connectivity index (χ1n) is 5.72. The monoisotopic (exact) mass is 222 g/mol. The summed E-state index contributed by atoms with van der Waals surface area (Å²) in [5.74, 6) is 1.35. The zero-order chi connectivity index (χ0) is 11.2. The van der Waals surface area contributed by atoms with Crippen molar-refractivity contribution in [2.75, 3.05) is 25.5 Å². The predicted molar refractivity (Wildman–Crippen MR) is 62.7 cm³/mol. The van der Waals surface area contributed by atoms with Gasteiger partial charge in [-0.1, -0.05) is 0 Å². The Bertz CT molecular complexity index is 324. The molecule has 0 saturated carbocycles. The van der Waals surface area contributed by atoms with Crippen molar-refractivity contribution in [2.24, 2.45) is 0 Å². The number of hydrogen-bond donors (Lipinski definition) is 2. The Labute approximate surface area is 95.6 Å². The molecule has 0 spiro atoms. The van der Waals surface area contributed by atoms with Gasteiger partial charge in [0.2, 0.25) is 5.88 Å². The van der Waals surface area contributed by atoms with Crippen LogP contribution in [0.5, 0.6) is 5.88 Å². The van der Waals surface area contributed by atoms with Crippen LogP contribution in [0.2, 0.25) is 0 Å². The summed E-state index contributed by atoms with van der Waals surface area (Å²) >= 11 is 0. The predicted octanol–water partition coefficient (Wildman–Crippen LogP) is 1.04. The van der Waals surface area contributed by atoms with E-state index in [1.54, 1.807) is 19.5 Å². The van der Waals surface area contributed by atoms with E-state index in [-0.39, 0.29) is 0 Å². The van der Waals surface area contributed by atoms with Crippen LogP contribution in [-0.2, 0) is 0 Å². The van der Waals surface area contributed by atoms with E-state index in [1.807, 2.05) is 0 Å². The number of ether oxygens (including phenoxy) is 1.